The van der Waals surface area contributed by atoms with E-state index in [0.717, 1.165) is 19.6 Å². The highest BCUT2D eigenvalue weighted by atomic mass is 16.2. The summed E-state index contributed by atoms with van der Waals surface area (Å²) in [4.78, 5) is 17.3. The van der Waals surface area contributed by atoms with Crippen molar-refractivity contribution in [3.63, 3.8) is 0 Å². The Kier molecular flexibility index (Phi) is 5.94. The van der Waals surface area contributed by atoms with Crippen LogP contribution in [0.3, 0.4) is 0 Å². The number of hydrogen-bond donors (Lipinski definition) is 0. The van der Waals surface area contributed by atoms with Crippen LogP contribution in [0.2, 0.25) is 0 Å². The first kappa shape index (κ1) is 17.5. The van der Waals surface area contributed by atoms with Crippen LogP contribution in [0.4, 0.5) is 0 Å². The number of amides is 1. The van der Waals surface area contributed by atoms with Gasteiger partial charge in [0, 0.05) is 32.0 Å². The smallest absolute Gasteiger partial charge is 0.222 e. The van der Waals surface area contributed by atoms with Gasteiger partial charge in [-0.1, -0.05) is 50.6 Å². The number of carbonyl (C=O) groups excluding carboxylic acids is 1. The highest BCUT2D eigenvalue weighted by Gasteiger charge is 2.37. The van der Waals surface area contributed by atoms with Gasteiger partial charge >= 0.3 is 0 Å². The summed E-state index contributed by atoms with van der Waals surface area (Å²) >= 11 is 0. The van der Waals surface area contributed by atoms with E-state index in [1.165, 1.54) is 37.9 Å². The van der Waals surface area contributed by atoms with Crippen LogP contribution in [0, 0.1) is 11.8 Å². The number of carbonyl (C=O) groups is 1. The molecule has 2 heterocycles. The van der Waals surface area contributed by atoms with E-state index >= 15 is 0 Å². The zero-order valence-corrected chi connectivity index (χ0v) is 15.3. The standard InChI is InChI=1S/C21H32N2O/c1-17(2)13-21(24)23-15-19(14-22-11-7-4-8-12-22)20(16-23)18-9-5-3-6-10-18/h3,5-6,9-10,17,19-20H,4,7-8,11-16H2,1-2H3/t19-,20-/m1/s1. The van der Waals surface area contributed by atoms with Crippen molar-refractivity contribution in [1.82, 2.24) is 9.80 Å². The van der Waals surface area contributed by atoms with E-state index in [9.17, 15) is 4.79 Å². The van der Waals surface area contributed by atoms with Crippen molar-refractivity contribution in [2.75, 3.05) is 32.7 Å². The van der Waals surface area contributed by atoms with E-state index in [2.05, 4.69) is 54.0 Å². The fourth-order valence-corrected chi connectivity index (χ4v) is 4.29. The fraction of sp³-hybridized carbons (Fsp3) is 0.667. The van der Waals surface area contributed by atoms with Crippen LogP contribution in [0.5, 0.6) is 0 Å². The molecule has 2 aliphatic rings. The summed E-state index contributed by atoms with van der Waals surface area (Å²) in [7, 11) is 0. The minimum atomic E-state index is 0.340. The van der Waals surface area contributed by atoms with Gasteiger partial charge in [-0.15, -0.1) is 0 Å². The number of piperidine rings is 1. The number of hydrogen-bond acceptors (Lipinski definition) is 2. The molecule has 2 fully saturated rings. The second-order valence-corrected chi connectivity index (χ2v) is 8.04. The monoisotopic (exact) mass is 328 g/mol. The molecule has 3 heteroatoms. The Morgan fingerprint density at radius 3 is 2.46 bits per heavy atom. The predicted molar refractivity (Wildman–Crippen MR) is 99.0 cm³/mol. The minimum Gasteiger partial charge on any atom is -0.342 e. The Hall–Kier alpha value is -1.35. The van der Waals surface area contributed by atoms with Crippen LogP contribution in [0.15, 0.2) is 30.3 Å². The van der Waals surface area contributed by atoms with E-state index < -0.39 is 0 Å². The molecular weight excluding hydrogens is 296 g/mol. The molecule has 2 aliphatic heterocycles. The molecule has 1 aromatic carbocycles. The number of benzene rings is 1. The molecule has 0 bridgehead atoms. The minimum absolute atomic E-state index is 0.340. The van der Waals surface area contributed by atoms with Crippen molar-refractivity contribution in [3.05, 3.63) is 35.9 Å². The third kappa shape index (κ3) is 4.38. The molecule has 2 saturated heterocycles. The first-order valence-electron chi connectivity index (χ1n) is 9.68. The summed E-state index contributed by atoms with van der Waals surface area (Å²) in [5, 5.41) is 0. The van der Waals surface area contributed by atoms with Crippen LogP contribution < -0.4 is 0 Å². The molecule has 0 N–H and O–H groups in total. The number of rotatable bonds is 5. The maximum Gasteiger partial charge on any atom is 0.222 e. The Morgan fingerprint density at radius 1 is 1.08 bits per heavy atom. The van der Waals surface area contributed by atoms with Crippen LogP contribution in [-0.2, 0) is 4.79 Å². The van der Waals surface area contributed by atoms with E-state index in [0.29, 0.717) is 30.1 Å². The normalized spacial score (nSPS) is 25.4. The van der Waals surface area contributed by atoms with Crippen molar-refractivity contribution >= 4 is 5.91 Å². The fourth-order valence-electron chi connectivity index (χ4n) is 4.29. The zero-order chi connectivity index (χ0) is 16.9. The van der Waals surface area contributed by atoms with Gasteiger partial charge in [0.1, 0.15) is 0 Å². The van der Waals surface area contributed by atoms with Gasteiger partial charge in [0.15, 0.2) is 0 Å². The molecule has 0 unspecified atom stereocenters. The molecule has 2 atom stereocenters. The van der Waals surface area contributed by atoms with Crippen LogP contribution >= 0.6 is 0 Å². The van der Waals surface area contributed by atoms with Crippen molar-refractivity contribution in [2.24, 2.45) is 11.8 Å². The summed E-state index contributed by atoms with van der Waals surface area (Å²) in [6.07, 6.45) is 4.72. The van der Waals surface area contributed by atoms with Crippen molar-refractivity contribution in [1.29, 1.82) is 0 Å². The third-order valence-corrected chi connectivity index (χ3v) is 5.55. The van der Waals surface area contributed by atoms with Crippen LogP contribution in [0.1, 0.15) is 51.0 Å². The lowest BCUT2D eigenvalue weighted by atomic mass is 9.88. The quantitative estimate of drug-likeness (QED) is 0.821. The maximum absolute atomic E-state index is 12.6. The average Bonchev–Trinajstić information content (AvgIpc) is 3.00. The largest absolute Gasteiger partial charge is 0.342 e. The molecule has 0 aromatic heterocycles. The van der Waals surface area contributed by atoms with Gasteiger partial charge in [0.25, 0.3) is 0 Å². The Labute approximate surface area is 147 Å². The number of nitrogens with zero attached hydrogens (tertiary/aromatic N) is 2. The summed E-state index contributed by atoms with van der Waals surface area (Å²) in [6, 6.07) is 10.8. The van der Waals surface area contributed by atoms with Gasteiger partial charge < -0.3 is 9.80 Å². The van der Waals surface area contributed by atoms with Crippen molar-refractivity contribution in [3.8, 4) is 0 Å². The molecule has 0 spiro atoms. The number of likely N-dealkylation sites (tertiary alicyclic amines) is 2. The summed E-state index contributed by atoms with van der Waals surface area (Å²) < 4.78 is 0. The van der Waals surface area contributed by atoms with Crippen molar-refractivity contribution in [2.45, 2.75) is 45.4 Å². The third-order valence-electron chi connectivity index (χ3n) is 5.55. The van der Waals surface area contributed by atoms with E-state index in [-0.39, 0.29) is 0 Å². The van der Waals surface area contributed by atoms with Gasteiger partial charge in [-0.3, -0.25) is 4.79 Å². The SMILES string of the molecule is CC(C)CC(=O)N1C[C@@H](CN2CCCCC2)[C@@H](c2ccccc2)C1. The first-order chi connectivity index (χ1) is 11.6. The molecule has 3 rings (SSSR count). The second-order valence-electron chi connectivity index (χ2n) is 8.04. The summed E-state index contributed by atoms with van der Waals surface area (Å²) in [5.41, 5.74) is 1.40. The molecule has 0 saturated carbocycles. The zero-order valence-electron chi connectivity index (χ0n) is 15.3. The predicted octanol–water partition coefficient (Wildman–Crippen LogP) is 3.76. The lowest BCUT2D eigenvalue weighted by Gasteiger charge is -2.31. The Bertz CT molecular complexity index is 522. The molecule has 24 heavy (non-hydrogen) atoms. The lowest BCUT2D eigenvalue weighted by molar-refractivity contribution is -0.131. The molecule has 0 aliphatic carbocycles. The summed E-state index contributed by atoms with van der Waals surface area (Å²) in [5.74, 6) is 1.84. The Balaban J connectivity index is 1.71. The maximum atomic E-state index is 12.6. The second kappa shape index (κ2) is 8.15. The highest BCUT2D eigenvalue weighted by molar-refractivity contribution is 5.76. The van der Waals surface area contributed by atoms with E-state index in [4.69, 9.17) is 0 Å². The van der Waals surface area contributed by atoms with Gasteiger partial charge in [-0.2, -0.15) is 0 Å². The summed E-state index contributed by atoms with van der Waals surface area (Å²) in [6.45, 7) is 9.71. The van der Waals surface area contributed by atoms with Gasteiger partial charge in [-0.05, 0) is 43.3 Å². The molecule has 1 aromatic rings. The van der Waals surface area contributed by atoms with Gasteiger partial charge in [0.2, 0.25) is 5.91 Å². The topological polar surface area (TPSA) is 23.6 Å². The van der Waals surface area contributed by atoms with Gasteiger partial charge in [-0.25, -0.2) is 0 Å². The van der Waals surface area contributed by atoms with Crippen LogP contribution in [-0.4, -0.2) is 48.4 Å². The van der Waals surface area contributed by atoms with E-state index in [1.54, 1.807) is 0 Å². The molecule has 3 nitrogen and oxygen atoms in total. The Morgan fingerprint density at radius 2 is 1.79 bits per heavy atom. The lowest BCUT2D eigenvalue weighted by Crippen LogP contribution is -2.37. The van der Waals surface area contributed by atoms with Gasteiger partial charge in [0.05, 0.1) is 0 Å². The molecule has 1 amide bonds. The highest BCUT2D eigenvalue weighted by Crippen LogP contribution is 2.34. The van der Waals surface area contributed by atoms with E-state index in [1.807, 2.05) is 0 Å². The first-order valence-corrected chi connectivity index (χ1v) is 9.68. The molecule has 0 radical (unpaired) electrons. The van der Waals surface area contributed by atoms with Crippen LogP contribution in [0.25, 0.3) is 0 Å². The molecular formula is C21H32N2O. The molecule has 132 valence electrons. The average molecular weight is 328 g/mol. The van der Waals surface area contributed by atoms with Crippen molar-refractivity contribution < 1.29 is 4.79 Å².